The largest absolute Gasteiger partial charge is 0.493 e. The zero-order valence-electron chi connectivity index (χ0n) is 20.0. The van der Waals surface area contributed by atoms with Crippen LogP contribution in [0.2, 0.25) is 0 Å². The highest BCUT2D eigenvalue weighted by Gasteiger charge is 2.30. The Balaban J connectivity index is 1.91. The Kier molecular flexibility index (Phi) is 6.81. The van der Waals surface area contributed by atoms with Gasteiger partial charge in [-0.2, -0.15) is 5.10 Å². The number of ether oxygens (including phenoxy) is 2. The number of amides is 1. The van der Waals surface area contributed by atoms with Crippen molar-refractivity contribution < 1.29 is 28.2 Å². The number of nitrogens with two attached hydrogens (primary N) is 1. The molecule has 1 saturated heterocycles. The van der Waals surface area contributed by atoms with E-state index in [1.807, 2.05) is 0 Å². The third-order valence-electron chi connectivity index (χ3n) is 6.11. The Morgan fingerprint density at radius 1 is 1.31 bits per heavy atom. The molecule has 1 amide bonds. The van der Waals surface area contributed by atoms with Crippen molar-refractivity contribution in [1.82, 2.24) is 19.7 Å². The molecule has 0 bridgehead atoms. The first kappa shape index (κ1) is 24.9. The van der Waals surface area contributed by atoms with Crippen LogP contribution in [0.5, 0.6) is 11.5 Å². The topological polar surface area (TPSA) is 116 Å². The Labute approximate surface area is 206 Å². The summed E-state index contributed by atoms with van der Waals surface area (Å²) in [5.74, 6) is 2.65. The number of nitrogen functional groups attached to an aromatic ring is 1. The van der Waals surface area contributed by atoms with Gasteiger partial charge >= 0.3 is 0 Å². The van der Waals surface area contributed by atoms with Crippen LogP contribution in [-0.2, 0) is 4.79 Å². The molecule has 0 spiro atoms. The summed E-state index contributed by atoms with van der Waals surface area (Å²) in [5, 5.41) is 15.3. The maximum atomic E-state index is 14.9. The van der Waals surface area contributed by atoms with Crippen molar-refractivity contribution in [3.8, 4) is 23.3 Å². The minimum absolute atomic E-state index is 0.0890. The monoisotopic (exact) mass is 497 g/mol. The highest BCUT2D eigenvalue weighted by molar-refractivity contribution is 5.95. The molecule has 2 aromatic heterocycles. The van der Waals surface area contributed by atoms with Crippen LogP contribution in [0, 0.1) is 23.5 Å². The van der Waals surface area contributed by atoms with E-state index in [0.29, 0.717) is 36.0 Å². The summed E-state index contributed by atoms with van der Waals surface area (Å²) < 4.78 is 41.3. The van der Waals surface area contributed by atoms with Gasteiger partial charge in [0.05, 0.1) is 37.3 Å². The third kappa shape index (κ3) is 4.20. The van der Waals surface area contributed by atoms with Crippen LogP contribution in [0.25, 0.3) is 10.9 Å². The van der Waals surface area contributed by atoms with Crippen molar-refractivity contribution in [2.75, 3.05) is 33.0 Å². The smallest absolute Gasteiger partial charge is 0.246 e. The summed E-state index contributed by atoms with van der Waals surface area (Å²) in [6.07, 6.45) is 2.36. The van der Waals surface area contributed by atoms with Gasteiger partial charge in [-0.3, -0.25) is 9.48 Å². The van der Waals surface area contributed by atoms with Crippen LogP contribution in [0.15, 0.2) is 24.9 Å². The number of carbonyl (C=O) groups is 1. The van der Waals surface area contributed by atoms with E-state index >= 15 is 0 Å². The molecule has 188 valence electrons. The van der Waals surface area contributed by atoms with E-state index in [4.69, 9.17) is 15.2 Å². The Morgan fingerprint density at radius 3 is 2.56 bits per heavy atom. The lowest BCUT2D eigenvalue weighted by atomic mass is 10.1. The van der Waals surface area contributed by atoms with Gasteiger partial charge in [0.15, 0.2) is 23.1 Å². The van der Waals surface area contributed by atoms with Gasteiger partial charge in [0.1, 0.15) is 17.1 Å². The average Bonchev–Trinajstić information content (AvgIpc) is 3.49. The van der Waals surface area contributed by atoms with Gasteiger partial charge in [0.25, 0.3) is 0 Å². The van der Waals surface area contributed by atoms with E-state index in [1.54, 1.807) is 16.5 Å². The van der Waals surface area contributed by atoms with Gasteiger partial charge in [-0.25, -0.2) is 13.8 Å². The SMILES string of the molecule is C=CC(=O)N1CC[C@H](n2nc(C#Cc3c(F)c(OC)cc(OC)c3F)c3c(N)ncc([C@H](C)O)c32)C1. The second-order valence-corrected chi connectivity index (χ2v) is 8.26. The first-order valence-corrected chi connectivity index (χ1v) is 11.1. The van der Waals surface area contributed by atoms with Crippen LogP contribution >= 0.6 is 0 Å². The predicted molar refractivity (Wildman–Crippen MR) is 128 cm³/mol. The third-order valence-corrected chi connectivity index (χ3v) is 6.11. The Morgan fingerprint density at radius 2 is 1.97 bits per heavy atom. The van der Waals surface area contributed by atoms with Crippen LogP contribution in [0.1, 0.15) is 42.3 Å². The number of aliphatic hydroxyl groups is 1. The summed E-state index contributed by atoms with van der Waals surface area (Å²) in [6, 6.07) is 0.837. The fraction of sp³-hybridized carbons (Fsp3) is 0.320. The molecule has 1 aliphatic heterocycles. The minimum atomic E-state index is -0.989. The molecule has 0 unspecified atom stereocenters. The number of benzene rings is 1. The highest BCUT2D eigenvalue weighted by Crippen LogP contribution is 2.35. The number of anilines is 1. The molecule has 11 heteroatoms. The summed E-state index contributed by atoms with van der Waals surface area (Å²) in [7, 11) is 2.49. The molecule has 1 aromatic carbocycles. The van der Waals surface area contributed by atoms with E-state index in [-0.39, 0.29) is 35.0 Å². The molecule has 0 aliphatic carbocycles. The second kappa shape index (κ2) is 9.83. The van der Waals surface area contributed by atoms with Crippen LogP contribution in [-0.4, -0.2) is 58.0 Å². The average molecular weight is 498 g/mol. The van der Waals surface area contributed by atoms with E-state index in [9.17, 15) is 18.7 Å². The summed E-state index contributed by atoms with van der Waals surface area (Å²) in [6.45, 7) is 5.95. The number of methoxy groups -OCH3 is 2. The maximum Gasteiger partial charge on any atom is 0.246 e. The molecule has 0 saturated carbocycles. The number of aliphatic hydroxyl groups excluding tert-OH is 1. The minimum Gasteiger partial charge on any atom is -0.493 e. The zero-order chi connectivity index (χ0) is 26.1. The number of pyridine rings is 1. The molecule has 2 atom stereocenters. The van der Waals surface area contributed by atoms with Crippen LogP contribution < -0.4 is 15.2 Å². The quantitative estimate of drug-likeness (QED) is 0.411. The standard InChI is InChI=1S/C25H25F2N5O4/c1-5-20(34)31-9-8-14(12-31)32-24-16(13(2)33)11-29-25(28)21(24)17(30-32)7-6-15-22(26)18(35-3)10-19(36-4)23(15)27/h5,10-11,13-14,33H,1,8-9,12H2,2-4H3,(H2,28,29)/t13-,14-/m0/s1. The van der Waals surface area contributed by atoms with Gasteiger partial charge in [-0.05, 0) is 25.3 Å². The van der Waals surface area contributed by atoms with E-state index in [1.165, 1.54) is 26.5 Å². The number of halogens is 2. The zero-order valence-corrected chi connectivity index (χ0v) is 20.0. The predicted octanol–water partition coefficient (Wildman–Crippen LogP) is 2.72. The molecule has 9 nitrogen and oxygen atoms in total. The fourth-order valence-electron chi connectivity index (χ4n) is 4.26. The van der Waals surface area contributed by atoms with Crippen molar-refractivity contribution in [2.24, 2.45) is 0 Å². The van der Waals surface area contributed by atoms with Crippen molar-refractivity contribution >= 4 is 22.6 Å². The first-order valence-electron chi connectivity index (χ1n) is 11.1. The number of carbonyl (C=O) groups excluding carboxylic acids is 1. The Hall–Kier alpha value is -4.17. The van der Waals surface area contributed by atoms with Gasteiger partial charge in [-0.15, -0.1) is 0 Å². The van der Waals surface area contributed by atoms with Crippen LogP contribution in [0.4, 0.5) is 14.6 Å². The molecular weight excluding hydrogens is 472 g/mol. The summed E-state index contributed by atoms with van der Waals surface area (Å²) in [4.78, 5) is 17.9. The van der Waals surface area contributed by atoms with E-state index < -0.39 is 23.3 Å². The maximum absolute atomic E-state index is 14.9. The van der Waals surface area contributed by atoms with Crippen molar-refractivity contribution in [2.45, 2.75) is 25.5 Å². The molecule has 0 radical (unpaired) electrons. The van der Waals surface area contributed by atoms with Crippen LogP contribution in [0.3, 0.4) is 0 Å². The number of nitrogens with zero attached hydrogens (tertiary/aromatic N) is 4. The van der Waals surface area contributed by atoms with Gasteiger partial charge in [-0.1, -0.05) is 12.5 Å². The molecule has 3 aromatic rings. The van der Waals surface area contributed by atoms with E-state index in [0.717, 1.165) is 6.07 Å². The first-order chi connectivity index (χ1) is 17.2. The normalized spacial score (nSPS) is 15.9. The van der Waals surface area contributed by atoms with Crippen molar-refractivity contribution in [1.29, 1.82) is 0 Å². The molecule has 3 N–H and O–H groups in total. The van der Waals surface area contributed by atoms with Crippen molar-refractivity contribution in [3.63, 3.8) is 0 Å². The number of hydrogen-bond acceptors (Lipinski definition) is 7. The molecule has 4 rings (SSSR count). The molecular formula is C25H25F2N5O4. The number of fused-ring (bicyclic) bond motifs is 1. The molecule has 1 fully saturated rings. The highest BCUT2D eigenvalue weighted by atomic mass is 19.1. The second-order valence-electron chi connectivity index (χ2n) is 8.26. The van der Waals surface area contributed by atoms with Crippen molar-refractivity contribution in [3.05, 3.63) is 53.4 Å². The molecule has 36 heavy (non-hydrogen) atoms. The fourth-order valence-corrected chi connectivity index (χ4v) is 4.26. The number of likely N-dealkylation sites (tertiary alicyclic amines) is 1. The summed E-state index contributed by atoms with van der Waals surface area (Å²) in [5.41, 5.74) is 6.68. The summed E-state index contributed by atoms with van der Waals surface area (Å²) >= 11 is 0. The molecule has 1 aliphatic rings. The lowest BCUT2D eigenvalue weighted by molar-refractivity contribution is -0.125. The van der Waals surface area contributed by atoms with Gasteiger partial charge in [0.2, 0.25) is 5.91 Å². The Bertz CT molecular complexity index is 1400. The van der Waals surface area contributed by atoms with E-state index in [2.05, 4.69) is 28.5 Å². The van der Waals surface area contributed by atoms with Gasteiger partial charge in [0, 0.05) is 30.9 Å². The number of aromatic nitrogens is 3. The number of rotatable bonds is 5. The lowest BCUT2D eigenvalue weighted by Gasteiger charge is -2.17. The lowest BCUT2D eigenvalue weighted by Crippen LogP contribution is -2.27. The number of hydrogen-bond donors (Lipinski definition) is 2. The van der Waals surface area contributed by atoms with Gasteiger partial charge < -0.3 is 25.2 Å². The molecule has 3 heterocycles.